The normalized spacial score (nSPS) is 18.8. The van der Waals surface area contributed by atoms with Gasteiger partial charge in [-0.05, 0) is 49.2 Å². The number of methoxy groups -OCH3 is 2. The van der Waals surface area contributed by atoms with Gasteiger partial charge >= 0.3 is 0 Å². The molecule has 1 aromatic rings. The van der Waals surface area contributed by atoms with Crippen molar-refractivity contribution in [3.8, 4) is 11.5 Å². The maximum Gasteiger partial charge on any atom is 0.294 e. The molecule has 2 fully saturated rings. The Bertz CT molecular complexity index is 836. The molecule has 1 aromatic carbocycles. The first-order chi connectivity index (χ1) is 13.4. The first-order valence-corrected chi connectivity index (χ1v) is 10.5. The van der Waals surface area contributed by atoms with E-state index in [1.165, 1.54) is 14.2 Å². The molecule has 0 unspecified atom stereocenters. The number of likely N-dealkylation sites (tertiary alicyclic amines) is 1. The van der Waals surface area contributed by atoms with Gasteiger partial charge < -0.3 is 14.4 Å². The quantitative estimate of drug-likeness (QED) is 0.615. The molecule has 0 aliphatic carbocycles. The highest BCUT2D eigenvalue weighted by Crippen LogP contribution is 2.39. The molecule has 0 spiro atoms. The second kappa shape index (κ2) is 9.00. The van der Waals surface area contributed by atoms with Gasteiger partial charge in [-0.3, -0.25) is 19.3 Å². The minimum absolute atomic E-state index is 0.190. The standard InChI is InChI=1S/C19H21BrN2O5S/c1-26-14-10-13(20)8-12(17(14)27-2)9-15-18(24)22(19(25)28-15)11-16(23)21-6-4-3-5-7-21/h8-10H,3-7,11H2,1-2H3/b15-9-. The van der Waals surface area contributed by atoms with E-state index in [1.807, 2.05) is 0 Å². The summed E-state index contributed by atoms with van der Waals surface area (Å²) in [6.45, 7) is 1.14. The Morgan fingerprint density at radius 1 is 1.18 bits per heavy atom. The molecule has 3 amide bonds. The van der Waals surface area contributed by atoms with Gasteiger partial charge in [0.2, 0.25) is 5.91 Å². The lowest BCUT2D eigenvalue weighted by Gasteiger charge is -2.27. The molecule has 9 heteroatoms. The van der Waals surface area contributed by atoms with Crippen LogP contribution in [0.4, 0.5) is 4.79 Å². The minimum Gasteiger partial charge on any atom is -0.493 e. The summed E-state index contributed by atoms with van der Waals surface area (Å²) in [5.74, 6) is 0.302. The van der Waals surface area contributed by atoms with Crippen molar-refractivity contribution in [2.75, 3.05) is 33.9 Å². The van der Waals surface area contributed by atoms with E-state index >= 15 is 0 Å². The molecular weight excluding hydrogens is 448 g/mol. The molecule has 28 heavy (non-hydrogen) atoms. The van der Waals surface area contributed by atoms with Crippen molar-refractivity contribution in [1.29, 1.82) is 0 Å². The smallest absolute Gasteiger partial charge is 0.294 e. The number of imide groups is 1. The molecule has 3 rings (SSSR count). The van der Waals surface area contributed by atoms with Gasteiger partial charge in [0.15, 0.2) is 11.5 Å². The van der Waals surface area contributed by atoms with E-state index in [9.17, 15) is 14.4 Å². The summed E-state index contributed by atoms with van der Waals surface area (Å²) in [4.78, 5) is 40.5. The maximum atomic E-state index is 12.7. The summed E-state index contributed by atoms with van der Waals surface area (Å²) < 4.78 is 11.4. The van der Waals surface area contributed by atoms with Crippen LogP contribution < -0.4 is 9.47 Å². The van der Waals surface area contributed by atoms with Crippen LogP contribution in [0.5, 0.6) is 11.5 Å². The second-order valence-electron chi connectivity index (χ2n) is 6.44. The van der Waals surface area contributed by atoms with Crippen LogP contribution in [0.25, 0.3) is 6.08 Å². The van der Waals surface area contributed by atoms with Gasteiger partial charge in [0.25, 0.3) is 11.1 Å². The number of halogens is 1. The Morgan fingerprint density at radius 3 is 2.54 bits per heavy atom. The van der Waals surface area contributed by atoms with Crippen LogP contribution in [0.3, 0.4) is 0 Å². The molecule has 0 saturated carbocycles. The van der Waals surface area contributed by atoms with Crippen LogP contribution in [-0.4, -0.2) is 60.7 Å². The molecule has 7 nitrogen and oxygen atoms in total. The number of hydrogen-bond acceptors (Lipinski definition) is 6. The number of carbonyl (C=O) groups is 3. The average Bonchev–Trinajstić information content (AvgIpc) is 2.95. The third-order valence-corrected chi connectivity index (χ3v) is 6.00. The number of nitrogens with zero attached hydrogens (tertiary/aromatic N) is 2. The van der Waals surface area contributed by atoms with Crippen molar-refractivity contribution < 1.29 is 23.9 Å². The van der Waals surface area contributed by atoms with Gasteiger partial charge in [0, 0.05) is 23.1 Å². The lowest BCUT2D eigenvalue weighted by molar-refractivity contribution is -0.136. The van der Waals surface area contributed by atoms with Crippen LogP contribution in [0.1, 0.15) is 24.8 Å². The third-order valence-electron chi connectivity index (χ3n) is 4.63. The summed E-state index contributed by atoms with van der Waals surface area (Å²) in [6.07, 6.45) is 4.60. The highest BCUT2D eigenvalue weighted by atomic mass is 79.9. The number of ether oxygens (including phenoxy) is 2. The zero-order valence-electron chi connectivity index (χ0n) is 15.7. The Labute approximate surface area is 176 Å². The fraction of sp³-hybridized carbons (Fsp3) is 0.421. The molecule has 150 valence electrons. The number of carbonyl (C=O) groups excluding carboxylic acids is 3. The summed E-state index contributed by atoms with van der Waals surface area (Å²) in [6, 6.07) is 3.52. The SMILES string of the molecule is COc1cc(Br)cc(/C=C2\SC(=O)N(CC(=O)N3CCCCC3)C2=O)c1OC. The number of amides is 3. The molecule has 2 aliphatic heterocycles. The molecule has 2 aliphatic rings. The van der Waals surface area contributed by atoms with Crippen LogP contribution in [-0.2, 0) is 9.59 Å². The Morgan fingerprint density at radius 2 is 1.89 bits per heavy atom. The number of benzene rings is 1. The van der Waals surface area contributed by atoms with Gasteiger partial charge in [0.1, 0.15) is 6.54 Å². The molecule has 0 N–H and O–H groups in total. The lowest BCUT2D eigenvalue weighted by Crippen LogP contribution is -2.44. The first kappa shape index (κ1) is 20.7. The monoisotopic (exact) mass is 468 g/mol. The summed E-state index contributed by atoms with van der Waals surface area (Å²) in [5.41, 5.74) is 0.599. The van der Waals surface area contributed by atoms with E-state index in [0.717, 1.165) is 40.4 Å². The zero-order chi connectivity index (χ0) is 20.3. The van der Waals surface area contributed by atoms with E-state index in [4.69, 9.17) is 9.47 Å². The zero-order valence-corrected chi connectivity index (χ0v) is 18.1. The fourth-order valence-electron chi connectivity index (χ4n) is 3.22. The Kier molecular flexibility index (Phi) is 6.66. The maximum absolute atomic E-state index is 12.7. The van der Waals surface area contributed by atoms with Crippen LogP contribution in [0.2, 0.25) is 0 Å². The third kappa shape index (κ3) is 4.35. The molecule has 0 aromatic heterocycles. The van der Waals surface area contributed by atoms with Crippen molar-refractivity contribution >= 4 is 50.8 Å². The molecule has 2 saturated heterocycles. The van der Waals surface area contributed by atoms with Gasteiger partial charge in [-0.2, -0.15) is 0 Å². The van der Waals surface area contributed by atoms with E-state index in [1.54, 1.807) is 23.1 Å². The number of rotatable bonds is 5. The van der Waals surface area contributed by atoms with Crippen molar-refractivity contribution in [3.63, 3.8) is 0 Å². The fourth-order valence-corrected chi connectivity index (χ4v) is 4.51. The number of piperidine rings is 1. The second-order valence-corrected chi connectivity index (χ2v) is 8.35. The number of thioether (sulfide) groups is 1. The van der Waals surface area contributed by atoms with Crippen molar-refractivity contribution in [2.45, 2.75) is 19.3 Å². The predicted octanol–water partition coefficient (Wildman–Crippen LogP) is 3.52. The molecule has 0 atom stereocenters. The largest absolute Gasteiger partial charge is 0.493 e. The predicted molar refractivity (Wildman–Crippen MR) is 110 cm³/mol. The van der Waals surface area contributed by atoms with E-state index < -0.39 is 11.1 Å². The van der Waals surface area contributed by atoms with E-state index in [2.05, 4.69) is 15.9 Å². The van der Waals surface area contributed by atoms with Crippen LogP contribution in [0, 0.1) is 0 Å². The van der Waals surface area contributed by atoms with Crippen LogP contribution >= 0.6 is 27.7 Å². The van der Waals surface area contributed by atoms with Gasteiger partial charge in [-0.25, -0.2) is 0 Å². The van der Waals surface area contributed by atoms with Crippen LogP contribution in [0.15, 0.2) is 21.5 Å². The first-order valence-electron chi connectivity index (χ1n) is 8.89. The van der Waals surface area contributed by atoms with E-state index in [-0.39, 0.29) is 17.4 Å². The number of hydrogen-bond donors (Lipinski definition) is 0. The molecule has 2 heterocycles. The molecule has 0 radical (unpaired) electrons. The lowest BCUT2D eigenvalue weighted by atomic mass is 10.1. The van der Waals surface area contributed by atoms with Crippen molar-refractivity contribution in [2.24, 2.45) is 0 Å². The average molecular weight is 469 g/mol. The molecular formula is C19H21BrN2O5S. The topological polar surface area (TPSA) is 76.2 Å². The summed E-state index contributed by atoms with van der Waals surface area (Å²) in [5, 5.41) is -0.442. The van der Waals surface area contributed by atoms with Gasteiger partial charge in [0.05, 0.1) is 19.1 Å². The minimum atomic E-state index is -0.471. The molecule has 0 bridgehead atoms. The van der Waals surface area contributed by atoms with Crippen molar-refractivity contribution in [1.82, 2.24) is 9.80 Å². The Balaban J connectivity index is 1.81. The van der Waals surface area contributed by atoms with Crippen molar-refractivity contribution in [3.05, 3.63) is 27.1 Å². The highest BCUT2D eigenvalue weighted by Gasteiger charge is 2.37. The highest BCUT2D eigenvalue weighted by molar-refractivity contribution is 9.10. The summed E-state index contributed by atoms with van der Waals surface area (Å²) in [7, 11) is 3.03. The van der Waals surface area contributed by atoms with Gasteiger partial charge in [-0.1, -0.05) is 15.9 Å². The summed E-state index contributed by atoms with van der Waals surface area (Å²) >= 11 is 4.22. The Hall–Kier alpha value is -2.00. The van der Waals surface area contributed by atoms with Gasteiger partial charge in [-0.15, -0.1) is 0 Å². The van der Waals surface area contributed by atoms with E-state index in [0.29, 0.717) is 30.2 Å².